The molecule has 0 aliphatic rings. The average molecular weight is 239 g/mol. The van der Waals surface area contributed by atoms with Gasteiger partial charge in [-0.05, 0) is 37.0 Å². The lowest BCUT2D eigenvalue weighted by atomic mass is 10.0. The van der Waals surface area contributed by atoms with E-state index in [9.17, 15) is 9.50 Å². The van der Waals surface area contributed by atoms with Crippen LogP contribution in [0.25, 0.3) is 0 Å². The summed E-state index contributed by atoms with van der Waals surface area (Å²) in [5.41, 5.74) is 1.57. The lowest BCUT2D eigenvalue weighted by molar-refractivity contribution is 0.201. The first-order chi connectivity index (χ1) is 7.95. The zero-order valence-corrected chi connectivity index (χ0v) is 11.0. The maximum absolute atomic E-state index is 13.4. The summed E-state index contributed by atoms with van der Waals surface area (Å²) in [6.45, 7) is 7.93. The molecule has 0 aliphatic heterocycles. The molecular formula is C14H22FNO. The first-order valence-electron chi connectivity index (χ1n) is 6.08. The SMILES string of the molecule is Cc1ccc(C(C)N[C@H](CO)C(C)C)cc1F. The van der Waals surface area contributed by atoms with Crippen LogP contribution in [0.2, 0.25) is 0 Å². The van der Waals surface area contributed by atoms with Crippen LogP contribution in [0.3, 0.4) is 0 Å². The van der Waals surface area contributed by atoms with Crippen molar-refractivity contribution in [3.8, 4) is 0 Å². The molecule has 3 heteroatoms. The maximum Gasteiger partial charge on any atom is 0.126 e. The van der Waals surface area contributed by atoms with Gasteiger partial charge < -0.3 is 10.4 Å². The molecule has 2 nitrogen and oxygen atoms in total. The van der Waals surface area contributed by atoms with Crippen LogP contribution in [0.1, 0.15) is 37.9 Å². The van der Waals surface area contributed by atoms with E-state index in [0.717, 1.165) is 5.56 Å². The van der Waals surface area contributed by atoms with Crippen LogP contribution in [0.15, 0.2) is 18.2 Å². The van der Waals surface area contributed by atoms with E-state index in [1.807, 2.05) is 13.0 Å². The number of hydrogen-bond donors (Lipinski definition) is 2. The Morgan fingerprint density at radius 1 is 1.29 bits per heavy atom. The molecule has 0 bridgehead atoms. The molecule has 1 aromatic rings. The number of nitrogens with one attached hydrogen (secondary N) is 1. The third-order valence-electron chi connectivity index (χ3n) is 3.16. The molecule has 0 aromatic heterocycles. The van der Waals surface area contributed by atoms with Gasteiger partial charge in [-0.1, -0.05) is 26.0 Å². The van der Waals surface area contributed by atoms with E-state index in [2.05, 4.69) is 19.2 Å². The first kappa shape index (κ1) is 14.1. The molecule has 0 radical (unpaired) electrons. The number of benzene rings is 1. The number of halogens is 1. The third-order valence-corrected chi connectivity index (χ3v) is 3.16. The van der Waals surface area contributed by atoms with Crippen LogP contribution in [0.4, 0.5) is 4.39 Å². The average Bonchev–Trinajstić information content (AvgIpc) is 2.28. The van der Waals surface area contributed by atoms with Crippen LogP contribution in [-0.4, -0.2) is 17.8 Å². The highest BCUT2D eigenvalue weighted by Gasteiger charge is 2.16. The fourth-order valence-electron chi connectivity index (χ4n) is 1.75. The van der Waals surface area contributed by atoms with Crippen molar-refractivity contribution in [1.82, 2.24) is 5.32 Å². The summed E-state index contributed by atoms with van der Waals surface area (Å²) in [7, 11) is 0. The third kappa shape index (κ3) is 3.79. The molecule has 0 fully saturated rings. The molecule has 1 rings (SSSR count). The number of rotatable bonds is 5. The van der Waals surface area contributed by atoms with E-state index in [0.29, 0.717) is 11.5 Å². The molecule has 96 valence electrons. The number of aliphatic hydroxyl groups is 1. The number of hydrogen-bond acceptors (Lipinski definition) is 2. The molecule has 17 heavy (non-hydrogen) atoms. The minimum absolute atomic E-state index is 0.0321. The van der Waals surface area contributed by atoms with Crippen molar-refractivity contribution in [2.75, 3.05) is 6.61 Å². The van der Waals surface area contributed by atoms with Crippen LogP contribution >= 0.6 is 0 Å². The van der Waals surface area contributed by atoms with Gasteiger partial charge in [0.15, 0.2) is 0 Å². The zero-order chi connectivity index (χ0) is 13.0. The maximum atomic E-state index is 13.4. The summed E-state index contributed by atoms with van der Waals surface area (Å²) in [6, 6.07) is 5.33. The fourth-order valence-corrected chi connectivity index (χ4v) is 1.75. The normalized spacial score (nSPS) is 15.0. The molecule has 0 spiro atoms. The molecule has 0 saturated carbocycles. The van der Waals surface area contributed by atoms with E-state index in [1.54, 1.807) is 19.1 Å². The molecule has 1 aromatic carbocycles. The van der Waals surface area contributed by atoms with Crippen molar-refractivity contribution in [3.63, 3.8) is 0 Å². The largest absolute Gasteiger partial charge is 0.395 e. The minimum Gasteiger partial charge on any atom is -0.395 e. The van der Waals surface area contributed by atoms with E-state index < -0.39 is 0 Å². The molecule has 0 amide bonds. The predicted molar refractivity (Wildman–Crippen MR) is 68.4 cm³/mol. The van der Waals surface area contributed by atoms with Gasteiger partial charge >= 0.3 is 0 Å². The van der Waals surface area contributed by atoms with Crippen molar-refractivity contribution >= 4 is 0 Å². The molecule has 2 N–H and O–H groups in total. The van der Waals surface area contributed by atoms with Gasteiger partial charge in [-0.2, -0.15) is 0 Å². The second kappa shape index (κ2) is 6.12. The van der Waals surface area contributed by atoms with Crippen molar-refractivity contribution in [1.29, 1.82) is 0 Å². The Bertz CT molecular complexity index is 365. The highest BCUT2D eigenvalue weighted by molar-refractivity contribution is 5.25. The van der Waals surface area contributed by atoms with Crippen molar-refractivity contribution in [2.45, 2.75) is 39.8 Å². The van der Waals surface area contributed by atoms with Gasteiger partial charge in [0.2, 0.25) is 0 Å². The summed E-state index contributed by atoms with van der Waals surface area (Å²) in [5, 5.41) is 12.6. The Hall–Kier alpha value is -0.930. The smallest absolute Gasteiger partial charge is 0.126 e. The van der Waals surface area contributed by atoms with E-state index >= 15 is 0 Å². The lowest BCUT2D eigenvalue weighted by Crippen LogP contribution is -2.38. The van der Waals surface area contributed by atoms with Gasteiger partial charge in [0.1, 0.15) is 5.82 Å². The summed E-state index contributed by atoms with van der Waals surface area (Å²) in [5.74, 6) is 0.166. The zero-order valence-electron chi connectivity index (χ0n) is 11.0. The molecule has 0 heterocycles. The topological polar surface area (TPSA) is 32.3 Å². The van der Waals surface area contributed by atoms with Crippen molar-refractivity contribution in [3.05, 3.63) is 35.1 Å². The van der Waals surface area contributed by atoms with Gasteiger partial charge in [-0.25, -0.2) is 4.39 Å². The van der Waals surface area contributed by atoms with Crippen molar-refractivity contribution < 1.29 is 9.50 Å². The Balaban J connectivity index is 2.75. The van der Waals surface area contributed by atoms with Gasteiger partial charge in [-0.15, -0.1) is 0 Å². The number of aliphatic hydroxyl groups excluding tert-OH is 1. The quantitative estimate of drug-likeness (QED) is 0.828. The second-order valence-corrected chi connectivity index (χ2v) is 4.93. The minimum atomic E-state index is -0.179. The van der Waals surface area contributed by atoms with Crippen LogP contribution in [-0.2, 0) is 0 Å². The van der Waals surface area contributed by atoms with Gasteiger partial charge in [-0.3, -0.25) is 0 Å². The monoisotopic (exact) mass is 239 g/mol. The molecule has 0 saturated heterocycles. The fraction of sp³-hybridized carbons (Fsp3) is 0.571. The summed E-state index contributed by atoms with van der Waals surface area (Å²) in [4.78, 5) is 0. The van der Waals surface area contributed by atoms with E-state index in [4.69, 9.17) is 0 Å². The second-order valence-electron chi connectivity index (χ2n) is 4.93. The molecule has 1 unspecified atom stereocenters. The van der Waals surface area contributed by atoms with Crippen LogP contribution < -0.4 is 5.32 Å². The standard InChI is InChI=1S/C14H22FNO/c1-9(2)14(8-17)16-11(4)12-6-5-10(3)13(15)7-12/h5-7,9,11,14,16-17H,8H2,1-4H3/t11?,14-/m1/s1. The van der Waals surface area contributed by atoms with Gasteiger partial charge in [0.25, 0.3) is 0 Å². The Morgan fingerprint density at radius 2 is 1.94 bits per heavy atom. The Labute approximate surface area is 103 Å². The van der Waals surface area contributed by atoms with E-state index in [1.165, 1.54) is 0 Å². The highest BCUT2D eigenvalue weighted by atomic mass is 19.1. The highest BCUT2D eigenvalue weighted by Crippen LogP contribution is 2.18. The summed E-state index contributed by atoms with van der Waals surface area (Å²) < 4.78 is 13.4. The van der Waals surface area contributed by atoms with Crippen LogP contribution in [0, 0.1) is 18.7 Å². The summed E-state index contributed by atoms with van der Waals surface area (Å²) in [6.07, 6.45) is 0. The van der Waals surface area contributed by atoms with Crippen LogP contribution in [0.5, 0.6) is 0 Å². The molecular weight excluding hydrogens is 217 g/mol. The lowest BCUT2D eigenvalue weighted by Gasteiger charge is -2.25. The van der Waals surface area contributed by atoms with E-state index in [-0.39, 0.29) is 24.5 Å². The molecule has 2 atom stereocenters. The summed E-state index contributed by atoms with van der Waals surface area (Å²) >= 11 is 0. The predicted octanol–water partition coefficient (Wildman–Crippen LogP) is 2.80. The molecule has 0 aliphatic carbocycles. The Kier molecular flexibility index (Phi) is 5.09. The Morgan fingerprint density at radius 3 is 2.41 bits per heavy atom. The first-order valence-corrected chi connectivity index (χ1v) is 6.08. The van der Waals surface area contributed by atoms with Gasteiger partial charge in [0.05, 0.1) is 6.61 Å². The van der Waals surface area contributed by atoms with Crippen molar-refractivity contribution in [2.24, 2.45) is 5.92 Å². The number of aryl methyl sites for hydroxylation is 1. The van der Waals surface area contributed by atoms with Gasteiger partial charge in [0, 0.05) is 12.1 Å².